The first-order valence-electron chi connectivity index (χ1n) is 6.08. The third-order valence-corrected chi connectivity index (χ3v) is 6.52. The van der Waals surface area contributed by atoms with Gasteiger partial charge in [-0.3, -0.25) is 0 Å². The largest absolute Gasteiger partial charge is 0.329 e. The lowest BCUT2D eigenvalue weighted by atomic mass is 10.0. The van der Waals surface area contributed by atoms with E-state index >= 15 is 0 Å². The third kappa shape index (κ3) is 3.13. The maximum Gasteiger partial charge on any atom is 0.243 e. The van der Waals surface area contributed by atoms with Crippen molar-refractivity contribution in [1.82, 2.24) is 4.72 Å². The predicted octanol–water partition coefficient (Wildman–Crippen LogP) is 2.65. The summed E-state index contributed by atoms with van der Waals surface area (Å²) in [6, 6.07) is 4.91. The van der Waals surface area contributed by atoms with Gasteiger partial charge in [0.15, 0.2) is 0 Å². The molecule has 0 aliphatic heterocycles. The Balaban J connectivity index is 2.38. The minimum Gasteiger partial charge on any atom is -0.329 e. The van der Waals surface area contributed by atoms with Gasteiger partial charge < -0.3 is 5.73 Å². The smallest absolute Gasteiger partial charge is 0.243 e. The van der Waals surface area contributed by atoms with Crippen molar-refractivity contribution < 1.29 is 8.42 Å². The summed E-state index contributed by atoms with van der Waals surface area (Å²) in [5.74, 6) is 0. The van der Waals surface area contributed by atoms with E-state index in [1.807, 2.05) is 0 Å². The first-order chi connectivity index (χ1) is 8.90. The van der Waals surface area contributed by atoms with E-state index in [1.165, 1.54) is 0 Å². The zero-order valence-electron chi connectivity index (χ0n) is 10.3. The Morgan fingerprint density at radius 1 is 1.37 bits per heavy atom. The Labute approximate surface area is 126 Å². The van der Waals surface area contributed by atoms with Gasteiger partial charge in [0.25, 0.3) is 0 Å². The molecule has 1 fully saturated rings. The first-order valence-corrected chi connectivity index (χ1v) is 8.74. The second-order valence-electron chi connectivity index (χ2n) is 4.85. The Morgan fingerprint density at radius 2 is 2.00 bits per heavy atom. The standard InChI is InChI=1S/C12H16BrClN2O2S/c13-9-4-3-5-10(14)11(9)19(17,18)16-12(8-15)6-1-2-7-12/h3-5,16H,1-2,6-8,15H2. The highest BCUT2D eigenvalue weighted by Crippen LogP contribution is 2.34. The SMILES string of the molecule is NCC1(NS(=O)(=O)c2c(Cl)cccc2Br)CCCC1. The molecule has 4 nitrogen and oxygen atoms in total. The predicted molar refractivity (Wildman–Crippen MR) is 79.7 cm³/mol. The molecule has 1 aromatic carbocycles. The van der Waals surface area contributed by atoms with Gasteiger partial charge in [0.1, 0.15) is 4.90 Å². The number of halogens is 2. The zero-order valence-corrected chi connectivity index (χ0v) is 13.5. The van der Waals surface area contributed by atoms with Crippen LogP contribution in [0, 0.1) is 0 Å². The molecule has 0 radical (unpaired) electrons. The van der Waals surface area contributed by atoms with E-state index in [4.69, 9.17) is 17.3 Å². The molecule has 0 aromatic heterocycles. The van der Waals surface area contributed by atoms with Gasteiger partial charge in [0.05, 0.1) is 5.02 Å². The second-order valence-corrected chi connectivity index (χ2v) is 7.73. The molecule has 0 atom stereocenters. The lowest BCUT2D eigenvalue weighted by Crippen LogP contribution is -2.51. The van der Waals surface area contributed by atoms with Gasteiger partial charge in [-0.1, -0.05) is 30.5 Å². The number of nitrogens with one attached hydrogen (secondary N) is 1. The summed E-state index contributed by atoms with van der Waals surface area (Å²) in [5.41, 5.74) is 5.23. The van der Waals surface area contributed by atoms with Crippen LogP contribution in [0.25, 0.3) is 0 Å². The molecule has 19 heavy (non-hydrogen) atoms. The van der Waals surface area contributed by atoms with Crippen LogP contribution in [0.5, 0.6) is 0 Å². The van der Waals surface area contributed by atoms with Crippen LogP contribution < -0.4 is 10.5 Å². The summed E-state index contributed by atoms with van der Waals surface area (Å²) in [6.45, 7) is 0.300. The molecule has 0 unspecified atom stereocenters. The van der Waals surface area contributed by atoms with Gasteiger partial charge >= 0.3 is 0 Å². The minimum atomic E-state index is -3.68. The van der Waals surface area contributed by atoms with E-state index < -0.39 is 15.6 Å². The van der Waals surface area contributed by atoms with E-state index in [2.05, 4.69) is 20.7 Å². The highest BCUT2D eigenvalue weighted by molar-refractivity contribution is 9.10. The van der Waals surface area contributed by atoms with Crippen LogP contribution in [-0.4, -0.2) is 20.5 Å². The summed E-state index contributed by atoms with van der Waals surface area (Å²) in [4.78, 5) is 0.0800. The summed E-state index contributed by atoms with van der Waals surface area (Å²) < 4.78 is 28.2. The summed E-state index contributed by atoms with van der Waals surface area (Å²) in [6.07, 6.45) is 3.52. The maximum absolute atomic E-state index is 12.5. The lowest BCUT2D eigenvalue weighted by molar-refractivity contribution is 0.399. The van der Waals surface area contributed by atoms with E-state index in [0.717, 1.165) is 25.7 Å². The molecular formula is C12H16BrClN2O2S. The van der Waals surface area contributed by atoms with Gasteiger partial charge in [-0.05, 0) is 40.9 Å². The summed E-state index contributed by atoms with van der Waals surface area (Å²) in [7, 11) is -3.68. The number of hydrogen-bond donors (Lipinski definition) is 2. The molecule has 0 heterocycles. The number of benzene rings is 1. The molecule has 7 heteroatoms. The molecular weight excluding hydrogens is 352 g/mol. The van der Waals surface area contributed by atoms with Crippen molar-refractivity contribution in [3.63, 3.8) is 0 Å². The zero-order chi connectivity index (χ0) is 14.1. The molecule has 106 valence electrons. The normalized spacial score (nSPS) is 18.7. The average Bonchev–Trinajstić information content (AvgIpc) is 2.77. The van der Waals surface area contributed by atoms with Gasteiger partial charge in [-0.15, -0.1) is 0 Å². The highest BCUT2D eigenvalue weighted by Gasteiger charge is 2.37. The van der Waals surface area contributed by atoms with Crippen LogP contribution in [0.2, 0.25) is 5.02 Å². The van der Waals surface area contributed by atoms with Crippen molar-refractivity contribution in [3.8, 4) is 0 Å². The Hall–Kier alpha value is -0.140. The summed E-state index contributed by atoms with van der Waals surface area (Å²) >= 11 is 9.24. The minimum absolute atomic E-state index is 0.0800. The molecule has 0 spiro atoms. The molecule has 0 bridgehead atoms. The number of hydrogen-bond acceptors (Lipinski definition) is 3. The first kappa shape index (κ1) is 15.3. The van der Waals surface area contributed by atoms with Crippen molar-refractivity contribution in [2.75, 3.05) is 6.54 Å². The lowest BCUT2D eigenvalue weighted by Gasteiger charge is -2.28. The van der Waals surface area contributed by atoms with Crippen molar-refractivity contribution in [3.05, 3.63) is 27.7 Å². The fraction of sp³-hybridized carbons (Fsp3) is 0.500. The van der Waals surface area contributed by atoms with Crippen molar-refractivity contribution in [2.45, 2.75) is 36.1 Å². The molecule has 2 rings (SSSR count). The fourth-order valence-electron chi connectivity index (χ4n) is 2.47. The van der Waals surface area contributed by atoms with Crippen LogP contribution >= 0.6 is 27.5 Å². The van der Waals surface area contributed by atoms with Crippen LogP contribution in [0.3, 0.4) is 0 Å². The van der Waals surface area contributed by atoms with Crippen molar-refractivity contribution >= 4 is 37.6 Å². The molecule has 3 N–H and O–H groups in total. The Morgan fingerprint density at radius 3 is 2.53 bits per heavy atom. The third-order valence-electron chi connectivity index (χ3n) is 3.49. The van der Waals surface area contributed by atoms with E-state index in [-0.39, 0.29) is 9.92 Å². The van der Waals surface area contributed by atoms with Gasteiger partial charge in [0, 0.05) is 16.6 Å². The van der Waals surface area contributed by atoms with Gasteiger partial charge in [0.2, 0.25) is 10.0 Å². The Bertz CT molecular complexity index is 551. The monoisotopic (exact) mass is 366 g/mol. The van der Waals surface area contributed by atoms with Crippen LogP contribution in [0.4, 0.5) is 0 Å². The van der Waals surface area contributed by atoms with Gasteiger partial charge in [-0.2, -0.15) is 0 Å². The highest BCUT2D eigenvalue weighted by atomic mass is 79.9. The van der Waals surface area contributed by atoms with Crippen molar-refractivity contribution in [1.29, 1.82) is 0 Å². The number of sulfonamides is 1. The van der Waals surface area contributed by atoms with E-state index in [9.17, 15) is 8.42 Å². The molecule has 1 aromatic rings. The Kier molecular flexibility index (Phi) is 4.57. The average molecular weight is 368 g/mol. The van der Waals surface area contributed by atoms with E-state index in [1.54, 1.807) is 18.2 Å². The van der Waals surface area contributed by atoms with E-state index in [0.29, 0.717) is 11.0 Å². The second kappa shape index (κ2) is 5.69. The molecule has 1 saturated carbocycles. The number of rotatable bonds is 4. The van der Waals surface area contributed by atoms with Gasteiger partial charge in [-0.25, -0.2) is 13.1 Å². The molecule has 1 aliphatic rings. The molecule has 0 amide bonds. The van der Waals surface area contributed by atoms with Crippen molar-refractivity contribution in [2.24, 2.45) is 5.73 Å². The van der Waals surface area contributed by atoms with Crippen LogP contribution in [0.15, 0.2) is 27.6 Å². The van der Waals surface area contributed by atoms with Crippen LogP contribution in [-0.2, 0) is 10.0 Å². The summed E-state index contributed by atoms with van der Waals surface area (Å²) in [5, 5.41) is 0.201. The molecule has 1 aliphatic carbocycles. The quantitative estimate of drug-likeness (QED) is 0.859. The van der Waals surface area contributed by atoms with Crippen LogP contribution in [0.1, 0.15) is 25.7 Å². The fourth-order valence-corrected chi connectivity index (χ4v) is 5.68. The maximum atomic E-state index is 12.5. The number of nitrogens with two attached hydrogens (primary N) is 1. The topological polar surface area (TPSA) is 72.2 Å². The molecule has 0 saturated heterocycles.